The fraction of sp³-hybridized carbons (Fsp3) is 0.458. The van der Waals surface area contributed by atoms with Crippen molar-refractivity contribution < 1.29 is 48.9 Å². The van der Waals surface area contributed by atoms with Crippen molar-refractivity contribution in [3.05, 3.63) is 41.6 Å². The lowest BCUT2D eigenvalue weighted by Crippen LogP contribution is -2.47. The Morgan fingerprint density at radius 3 is 1.76 bits per heavy atom. The summed E-state index contributed by atoms with van der Waals surface area (Å²) < 4.78 is 12.0. The zero-order chi connectivity index (χ0) is 31.0. The van der Waals surface area contributed by atoms with E-state index in [1.807, 2.05) is 0 Å². The molecular weight excluding hydrogens is 824 g/mol. The minimum absolute atomic E-state index is 0.0717. The van der Waals surface area contributed by atoms with E-state index in [0.717, 1.165) is 0 Å². The number of carbonyl (C=O) groups is 3. The molecule has 2 aliphatic carbocycles. The first kappa shape index (κ1) is 32.8. The Bertz CT molecular complexity index is 1390. The first-order valence-electron chi connectivity index (χ1n) is 12.1. The van der Waals surface area contributed by atoms with Gasteiger partial charge in [-0.1, -0.05) is 10.3 Å². The quantitative estimate of drug-likeness (QED) is 0.223. The number of carbonyl (C=O) groups excluding carboxylic acids is 3. The lowest BCUT2D eigenvalue weighted by Gasteiger charge is -2.33. The molecule has 2 heterocycles. The normalized spacial score (nSPS) is 29.3. The number of allylic oxidation sites excluding steroid dienone is 2. The second-order valence-electron chi connectivity index (χ2n) is 9.45. The standard InChI is InChI=1S/C24H24Br4N4O10/c1-39-17-9(25)3-23(19(35)15(17)27)5-11(31-41-23)21(37)29-7-13(33)14(34)8-30-22(38)12-6-24(42-32-12)4-10(26)18(40-2)16(28)20(24)36/h3-4,13,19-20,33,35-36H,5-8H2,1-2H3,(H,29,37)(H,30,38)/t13?,19-,20-,23+,24+/m0/s1. The highest BCUT2D eigenvalue weighted by Gasteiger charge is 2.52. The van der Waals surface area contributed by atoms with Crippen LogP contribution in [-0.4, -0.2) is 101 Å². The van der Waals surface area contributed by atoms with Gasteiger partial charge in [0, 0.05) is 12.8 Å². The van der Waals surface area contributed by atoms with Gasteiger partial charge in [0.25, 0.3) is 11.8 Å². The first-order valence-corrected chi connectivity index (χ1v) is 15.2. The Morgan fingerprint density at radius 2 is 1.33 bits per heavy atom. The number of amides is 2. The summed E-state index contributed by atoms with van der Waals surface area (Å²) in [6, 6.07) is 0. The van der Waals surface area contributed by atoms with E-state index in [1.54, 1.807) is 0 Å². The van der Waals surface area contributed by atoms with Crippen molar-refractivity contribution in [2.45, 2.75) is 42.4 Å². The maximum Gasteiger partial charge on any atom is 0.269 e. The summed E-state index contributed by atoms with van der Waals surface area (Å²) in [7, 11) is 2.86. The zero-order valence-electron chi connectivity index (χ0n) is 21.8. The summed E-state index contributed by atoms with van der Waals surface area (Å²) in [5.74, 6) is -1.53. The van der Waals surface area contributed by atoms with Gasteiger partial charge in [0.05, 0.1) is 45.2 Å². The summed E-state index contributed by atoms with van der Waals surface area (Å²) in [5, 5.41) is 43.9. The number of nitrogens with zero attached hydrogens (tertiary/aromatic N) is 2. The number of nitrogens with one attached hydrogen (secondary N) is 2. The summed E-state index contributed by atoms with van der Waals surface area (Å²) in [4.78, 5) is 48.5. The Hall–Kier alpha value is -2.09. The number of rotatable bonds is 9. The molecule has 42 heavy (non-hydrogen) atoms. The molecule has 14 nitrogen and oxygen atoms in total. The number of ketones is 1. The second kappa shape index (κ2) is 12.9. The minimum Gasteiger partial charge on any atom is -0.495 e. The predicted molar refractivity (Wildman–Crippen MR) is 161 cm³/mol. The lowest BCUT2D eigenvalue weighted by molar-refractivity contribution is -0.128. The number of hydrogen-bond acceptors (Lipinski definition) is 12. The van der Waals surface area contributed by atoms with Crippen LogP contribution < -0.4 is 10.6 Å². The molecule has 0 fully saturated rings. The number of methoxy groups -OCH3 is 2. The molecule has 0 aromatic rings. The van der Waals surface area contributed by atoms with Crippen molar-refractivity contribution in [2.75, 3.05) is 27.3 Å². The maximum atomic E-state index is 12.6. The molecule has 2 aliphatic heterocycles. The number of hydrogen-bond donors (Lipinski definition) is 5. The average molecular weight is 848 g/mol. The number of oxime groups is 2. The summed E-state index contributed by atoms with van der Waals surface area (Å²) >= 11 is 13.2. The lowest BCUT2D eigenvalue weighted by atomic mass is 9.87. The van der Waals surface area contributed by atoms with Gasteiger partial charge in [0.2, 0.25) is 0 Å². The van der Waals surface area contributed by atoms with Crippen LogP contribution in [0.25, 0.3) is 0 Å². The third-order valence-corrected chi connectivity index (χ3v) is 9.50. The molecule has 5 N–H and O–H groups in total. The van der Waals surface area contributed by atoms with E-state index in [2.05, 4.69) is 84.7 Å². The topological polar surface area (TPSA) is 198 Å². The second-order valence-corrected chi connectivity index (χ2v) is 12.9. The van der Waals surface area contributed by atoms with Crippen LogP contribution >= 0.6 is 63.7 Å². The number of aliphatic hydroxyl groups excluding tert-OH is 3. The van der Waals surface area contributed by atoms with E-state index < -0.39 is 60.2 Å². The molecule has 0 bridgehead atoms. The van der Waals surface area contributed by atoms with Gasteiger partial charge >= 0.3 is 0 Å². The van der Waals surface area contributed by atoms with Gasteiger partial charge in [-0.05, 0) is 75.9 Å². The number of aliphatic hydroxyl groups is 3. The molecule has 0 aromatic heterocycles. The van der Waals surface area contributed by atoms with Crippen molar-refractivity contribution in [3.8, 4) is 0 Å². The smallest absolute Gasteiger partial charge is 0.269 e. The van der Waals surface area contributed by atoms with Crippen molar-refractivity contribution >= 4 is 92.7 Å². The molecule has 4 rings (SSSR count). The van der Waals surface area contributed by atoms with Crippen molar-refractivity contribution in [1.29, 1.82) is 0 Å². The highest BCUT2D eigenvalue weighted by atomic mass is 79.9. The van der Waals surface area contributed by atoms with E-state index >= 15 is 0 Å². The van der Waals surface area contributed by atoms with Crippen LogP contribution in [0.3, 0.4) is 0 Å². The number of halogens is 4. The van der Waals surface area contributed by atoms with Crippen LogP contribution in [0.2, 0.25) is 0 Å². The highest BCUT2D eigenvalue weighted by Crippen LogP contribution is 2.45. The molecular formula is C24H24Br4N4O10. The molecule has 4 aliphatic rings. The SMILES string of the molecule is COC1=C(Br)[C@H](O)[C@@]2(C=C1Br)CC(C(=O)NCC(=O)C(O)CNC(=O)C1=NO[C@]3(C=C(Br)C(OC)=C(Br)[C@@H]3O)C1)=NO2. The Kier molecular flexibility index (Phi) is 10.1. The van der Waals surface area contributed by atoms with Gasteiger partial charge in [-0.2, -0.15) is 0 Å². The molecule has 0 radical (unpaired) electrons. The maximum absolute atomic E-state index is 12.6. The number of ether oxygens (including phenoxy) is 2. The Balaban J connectivity index is 1.25. The Labute approximate surface area is 272 Å². The zero-order valence-corrected chi connectivity index (χ0v) is 28.2. The molecule has 228 valence electrons. The van der Waals surface area contributed by atoms with Crippen LogP contribution in [0, 0.1) is 0 Å². The van der Waals surface area contributed by atoms with E-state index in [1.165, 1.54) is 26.4 Å². The fourth-order valence-electron chi connectivity index (χ4n) is 4.43. The molecule has 18 heteroatoms. The molecule has 5 atom stereocenters. The van der Waals surface area contributed by atoms with Crippen molar-refractivity contribution in [1.82, 2.24) is 10.6 Å². The monoisotopic (exact) mass is 844 g/mol. The van der Waals surface area contributed by atoms with E-state index in [4.69, 9.17) is 19.1 Å². The number of Topliss-reactive ketones (excluding diaryl/α,β-unsaturated/α-hetero) is 1. The molecule has 2 amide bonds. The third-order valence-electron chi connectivity index (χ3n) is 6.74. The van der Waals surface area contributed by atoms with Gasteiger partial charge in [-0.15, -0.1) is 0 Å². The van der Waals surface area contributed by atoms with E-state index in [9.17, 15) is 29.7 Å². The van der Waals surface area contributed by atoms with Crippen LogP contribution in [0.1, 0.15) is 12.8 Å². The minimum atomic E-state index is -1.65. The molecule has 2 spiro atoms. The molecule has 0 saturated heterocycles. The summed E-state index contributed by atoms with van der Waals surface area (Å²) in [6.07, 6.45) is -1.25. The largest absolute Gasteiger partial charge is 0.495 e. The van der Waals surface area contributed by atoms with Crippen LogP contribution in [0.15, 0.2) is 51.9 Å². The van der Waals surface area contributed by atoms with E-state index in [-0.39, 0.29) is 24.3 Å². The van der Waals surface area contributed by atoms with Crippen LogP contribution in [-0.2, 0) is 33.5 Å². The van der Waals surface area contributed by atoms with Crippen LogP contribution in [0.5, 0.6) is 0 Å². The van der Waals surface area contributed by atoms with E-state index in [0.29, 0.717) is 29.4 Å². The summed E-state index contributed by atoms with van der Waals surface area (Å²) in [5.41, 5.74) is -2.89. The van der Waals surface area contributed by atoms with Gasteiger partial charge < -0.3 is 45.1 Å². The van der Waals surface area contributed by atoms with Gasteiger partial charge in [-0.25, -0.2) is 0 Å². The molecule has 0 saturated carbocycles. The van der Waals surface area contributed by atoms with Crippen molar-refractivity contribution in [2.24, 2.45) is 10.3 Å². The van der Waals surface area contributed by atoms with Gasteiger partial charge in [0.1, 0.15) is 41.3 Å². The average Bonchev–Trinajstić information content (AvgIpc) is 3.58. The van der Waals surface area contributed by atoms with Gasteiger partial charge in [0.15, 0.2) is 17.0 Å². The fourth-order valence-corrected chi connectivity index (χ4v) is 8.01. The predicted octanol–water partition coefficient (Wildman–Crippen LogP) is 0.991. The molecule has 1 unspecified atom stereocenters. The first-order chi connectivity index (χ1) is 19.8. The van der Waals surface area contributed by atoms with Crippen molar-refractivity contribution in [3.63, 3.8) is 0 Å². The Morgan fingerprint density at radius 1 is 0.905 bits per heavy atom. The highest BCUT2D eigenvalue weighted by molar-refractivity contribution is 9.12. The summed E-state index contributed by atoms with van der Waals surface area (Å²) in [6.45, 7) is -1.04. The van der Waals surface area contributed by atoms with Gasteiger partial charge in [-0.3, -0.25) is 14.4 Å². The van der Waals surface area contributed by atoms with Crippen LogP contribution in [0.4, 0.5) is 0 Å². The molecule has 0 aromatic carbocycles. The third kappa shape index (κ3) is 6.11.